The van der Waals surface area contributed by atoms with Crippen LogP contribution in [0.2, 0.25) is 0 Å². The molecule has 0 aliphatic heterocycles. The summed E-state index contributed by atoms with van der Waals surface area (Å²) in [4.78, 5) is 4.16. The fourth-order valence-corrected chi connectivity index (χ4v) is 1.43. The predicted octanol–water partition coefficient (Wildman–Crippen LogP) is 3.22. The van der Waals surface area contributed by atoms with Crippen LogP contribution in [0.3, 0.4) is 0 Å². The van der Waals surface area contributed by atoms with E-state index in [0.29, 0.717) is 0 Å². The van der Waals surface area contributed by atoms with E-state index in [2.05, 4.69) is 36.8 Å². The number of halogens is 2. The van der Waals surface area contributed by atoms with Crippen LogP contribution in [0.25, 0.3) is 0 Å². The number of pyridine rings is 1. The van der Waals surface area contributed by atoms with Crippen molar-refractivity contribution in [3.05, 3.63) is 26.4 Å². The molecule has 10 heavy (non-hydrogen) atoms. The molecule has 0 bridgehead atoms. The summed E-state index contributed by atoms with van der Waals surface area (Å²) in [6.07, 6.45) is 1.80. The van der Waals surface area contributed by atoms with Crippen LogP contribution in [0.1, 0.15) is 11.3 Å². The van der Waals surface area contributed by atoms with Crippen molar-refractivity contribution < 1.29 is 0 Å². The molecular formula is C7H7Br2N. The predicted molar refractivity (Wildman–Crippen MR) is 49.1 cm³/mol. The Morgan fingerprint density at radius 1 is 1.30 bits per heavy atom. The lowest BCUT2D eigenvalue weighted by molar-refractivity contribution is 1.13. The molecule has 0 N–H and O–H groups in total. The van der Waals surface area contributed by atoms with Crippen molar-refractivity contribution in [3.63, 3.8) is 0 Å². The highest BCUT2D eigenvalue weighted by molar-refractivity contribution is 9.13. The van der Waals surface area contributed by atoms with Gasteiger partial charge in [-0.15, -0.1) is 0 Å². The van der Waals surface area contributed by atoms with E-state index in [0.717, 1.165) is 14.6 Å². The van der Waals surface area contributed by atoms with Gasteiger partial charge in [0.15, 0.2) is 0 Å². The molecule has 3 heteroatoms. The molecular weight excluding hydrogens is 258 g/mol. The average molecular weight is 265 g/mol. The number of hydrogen-bond acceptors (Lipinski definition) is 1. The molecule has 54 valence electrons. The molecule has 0 radical (unpaired) electrons. The van der Waals surface area contributed by atoms with E-state index >= 15 is 0 Å². The second kappa shape index (κ2) is 3.01. The number of rotatable bonds is 0. The maximum Gasteiger partial charge on any atom is 0.0503 e. The van der Waals surface area contributed by atoms with Crippen molar-refractivity contribution in [2.45, 2.75) is 13.8 Å². The first kappa shape index (κ1) is 8.21. The molecule has 0 atom stereocenters. The topological polar surface area (TPSA) is 12.9 Å². The molecule has 0 saturated carbocycles. The first-order chi connectivity index (χ1) is 4.63. The maximum absolute atomic E-state index is 4.16. The van der Waals surface area contributed by atoms with Gasteiger partial charge in [0.05, 0.1) is 4.47 Å². The molecule has 0 spiro atoms. The standard InChI is InChI=1S/C7H7Br2N/c1-4-5(2)10-3-6(8)7(4)9/h3H,1-2H3. The lowest BCUT2D eigenvalue weighted by Crippen LogP contribution is -1.87. The SMILES string of the molecule is Cc1ncc(Br)c(Br)c1C. The maximum atomic E-state index is 4.16. The van der Waals surface area contributed by atoms with E-state index in [9.17, 15) is 0 Å². The minimum absolute atomic E-state index is 1.01. The zero-order valence-corrected chi connectivity index (χ0v) is 8.95. The van der Waals surface area contributed by atoms with E-state index in [-0.39, 0.29) is 0 Å². The van der Waals surface area contributed by atoms with Crippen molar-refractivity contribution in [2.24, 2.45) is 0 Å². The molecule has 0 amide bonds. The van der Waals surface area contributed by atoms with Crippen LogP contribution in [0.4, 0.5) is 0 Å². The van der Waals surface area contributed by atoms with Gasteiger partial charge in [0.1, 0.15) is 0 Å². The van der Waals surface area contributed by atoms with E-state index in [4.69, 9.17) is 0 Å². The summed E-state index contributed by atoms with van der Waals surface area (Å²) in [7, 11) is 0. The summed E-state index contributed by atoms with van der Waals surface area (Å²) < 4.78 is 2.11. The molecule has 0 aromatic carbocycles. The summed E-state index contributed by atoms with van der Waals surface area (Å²) >= 11 is 6.81. The fraction of sp³-hybridized carbons (Fsp3) is 0.286. The van der Waals surface area contributed by atoms with Gasteiger partial charge in [0.25, 0.3) is 0 Å². The number of nitrogens with zero attached hydrogens (tertiary/aromatic N) is 1. The first-order valence-electron chi connectivity index (χ1n) is 2.90. The third kappa shape index (κ3) is 1.40. The molecule has 1 aromatic heterocycles. The third-order valence-electron chi connectivity index (χ3n) is 1.45. The zero-order valence-electron chi connectivity index (χ0n) is 5.78. The van der Waals surface area contributed by atoms with Crippen LogP contribution in [0, 0.1) is 13.8 Å². The van der Waals surface area contributed by atoms with Crippen molar-refractivity contribution >= 4 is 31.9 Å². The Bertz CT molecular complexity index is 231. The molecule has 1 nitrogen and oxygen atoms in total. The Morgan fingerprint density at radius 2 is 1.90 bits per heavy atom. The number of aryl methyl sites for hydroxylation is 1. The van der Waals surface area contributed by atoms with Crippen molar-refractivity contribution in [3.8, 4) is 0 Å². The molecule has 0 unspecified atom stereocenters. The summed E-state index contributed by atoms with van der Waals surface area (Å²) in [6, 6.07) is 0. The van der Waals surface area contributed by atoms with Gasteiger partial charge >= 0.3 is 0 Å². The van der Waals surface area contributed by atoms with Crippen molar-refractivity contribution in [1.82, 2.24) is 4.98 Å². The Balaban J connectivity index is 3.34. The van der Waals surface area contributed by atoms with Gasteiger partial charge in [-0.2, -0.15) is 0 Å². The highest BCUT2D eigenvalue weighted by atomic mass is 79.9. The molecule has 0 aliphatic rings. The average Bonchev–Trinajstić information content (AvgIpc) is 1.93. The van der Waals surface area contributed by atoms with Crippen LogP contribution >= 0.6 is 31.9 Å². The van der Waals surface area contributed by atoms with Gasteiger partial charge < -0.3 is 0 Å². The normalized spacial score (nSPS) is 10.0. The summed E-state index contributed by atoms with van der Waals surface area (Å²) in [5.74, 6) is 0. The monoisotopic (exact) mass is 263 g/mol. The van der Waals surface area contributed by atoms with E-state index in [1.54, 1.807) is 6.20 Å². The van der Waals surface area contributed by atoms with Gasteiger partial charge in [-0.05, 0) is 51.3 Å². The van der Waals surface area contributed by atoms with Gasteiger partial charge in [-0.25, -0.2) is 0 Å². The van der Waals surface area contributed by atoms with Crippen LogP contribution in [-0.2, 0) is 0 Å². The van der Waals surface area contributed by atoms with Crippen molar-refractivity contribution in [1.29, 1.82) is 0 Å². The van der Waals surface area contributed by atoms with Gasteiger partial charge in [-0.3, -0.25) is 4.98 Å². The number of hydrogen-bond donors (Lipinski definition) is 0. The van der Waals surface area contributed by atoms with Crippen molar-refractivity contribution in [2.75, 3.05) is 0 Å². The third-order valence-corrected chi connectivity index (χ3v) is 3.61. The zero-order chi connectivity index (χ0) is 7.72. The van der Waals surface area contributed by atoms with Gasteiger partial charge in [0, 0.05) is 16.4 Å². The Morgan fingerprint density at radius 3 is 2.40 bits per heavy atom. The summed E-state index contributed by atoms with van der Waals surface area (Å²) in [5, 5.41) is 0. The molecule has 1 heterocycles. The highest BCUT2D eigenvalue weighted by Crippen LogP contribution is 2.26. The molecule has 0 fully saturated rings. The second-order valence-electron chi connectivity index (χ2n) is 2.13. The molecule has 1 rings (SSSR count). The van der Waals surface area contributed by atoms with Crippen LogP contribution < -0.4 is 0 Å². The second-order valence-corrected chi connectivity index (χ2v) is 3.78. The largest absolute Gasteiger partial charge is 0.260 e. The van der Waals surface area contributed by atoms with E-state index in [1.165, 1.54) is 5.56 Å². The molecule has 0 saturated heterocycles. The van der Waals surface area contributed by atoms with E-state index < -0.39 is 0 Å². The number of aromatic nitrogens is 1. The minimum atomic E-state index is 1.01. The Labute approximate surface area is 77.1 Å². The minimum Gasteiger partial charge on any atom is -0.260 e. The molecule has 0 aliphatic carbocycles. The van der Waals surface area contributed by atoms with Crippen LogP contribution in [-0.4, -0.2) is 4.98 Å². The quantitative estimate of drug-likeness (QED) is 0.701. The molecule has 1 aromatic rings. The smallest absolute Gasteiger partial charge is 0.0503 e. The van der Waals surface area contributed by atoms with Crippen LogP contribution in [0.5, 0.6) is 0 Å². The summed E-state index contributed by atoms with van der Waals surface area (Å²) in [5.41, 5.74) is 2.25. The van der Waals surface area contributed by atoms with E-state index in [1.807, 2.05) is 13.8 Å². The highest BCUT2D eigenvalue weighted by Gasteiger charge is 2.02. The Kier molecular flexibility index (Phi) is 2.47. The Hall–Kier alpha value is 0.110. The fourth-order valence-electron chi connectivity index (χ4n) is 0.645. The lowest BCUT2D eigenvalue weighted by Gasteiger charge is -2.02. The van der Waals surface area contributed by atoms with Crippen LogP contribution in [0.15, 0.2) is 15.1 Å². The lowest BCUT2D eigenvalue weighted by atomic mass is 10.2. The first-order valence-corrected chi connectivity index (χ1v) is 4.48. The van der Waals surface area contributed by atoms with Gasteiger partial charge in [0.2, 0.25) is 0 Å². The van der Waals surface area contributed by atoms with Gasteiger partial charge in [-0.1, -0.05) is 0 Å². The summed E-state index contributed by atoms with van der Waals surface area (Å²) in [6.45, 7) is 4.03.